The van der Waals surface area contributed by atoms with Crippen molar-refractivity contribution < 1.29 is 17.3 Å². The highest BCUT2D eigenvalue weighted by Crippen LogP contribution is 2.23. The summed E-state index contributed by atoms with van der Waals surface area (Å²) in [7, 11) is -4.09. The summed E-state index contributed by atoms with van der Waals surface area (Å²) in [6.07, 6.45) is 1.19. The molecule has 2 aromatic rings. The van der Waals surface area contributed by atoms with Gasteiger partial charge in [0.05, 0.1) is 0 Å². The molecule has 2 rings (SSSR count). The summed E-state index contributed by atoms with van der Waals surface area (Å²) in [6, 6.07) is 3.70. The van der Waals surface area contributed by atoms with Crippen molar-refractivity contribution in [2.75, 3.05) is 10.5 Å². The molecule has 0 aliphatic heterocycles. The minimum absolute atomic E-state index is 0.0329. The SMILES string of the molecule is Cc1cc(N)cc(S(=O)(=O)Nc2ccon2)c1F. The van der Waals surface area contributed by atoms with E-state index in [2.05, 4.69) is 14.4 Å². The molecule has 0 aliphatic rings. The van der Waals surface area contributed by atoms with Gasteiger partial charge in [-0.25, -0.2) is 12.8 Å². The maximum absolute atomic E-state index is 13.8. The number of benzene rings is 1. The van der Waals surface area contributed by atoms with Gasteiger partial charge < -0.3 is 10.3 Å². The molecular formula is C10H10FN3O3S. The summed E-state index contributed by atoms with van der Waals surface area (Å²) in [5.74, 6) is -0.880. The molecule has 18 heavy (non-hydrogen) atoms. The third-order valence-electron chi connectivity index (χ3n) is 2.21. The number of nitrogens with zero attached hydrogens (tertiary/aromatic N) is 1. The van der Waals surface area contributed by atoms with Crippen LogP contribution in [0.4, 0.5) is 15.9 Å². The number of sulfonamides is 1. The van der Waals surface area contributed by atoms with Gasteiger partial charge in [0, 0.05) is 11.8 Å². The number of aryl methyl sites for hydroxylation is 1. The Morgan fingerprint density at radius 1 is 1.44 bits per heavy atom. The van der Waals surface area contributed by atoms with Crippen LogP contribution in [0, 0.1) is 12.7 Å². The molecule has 96 valence electrons. The highest BCUT2D eigenvalue weighted by atomic mass is 32.2. The molecule has 0 saturated heterocycles. The number of hydrogen-bond donors (Lipinski definition) is 2. The lowest BCUT2D eigenvalue weighted by Crippen LogP contribution is -2.15. The molecule has 1 aromatic heterocycles. The van der Waals surface area contributed by atoms with Crippen molar-refractivity contribution >= 4 is 21.5 Å². The molecule has 0 spiro atoms. The van der Waals surface area contributed by atoms with Gasteiger partial charge in [0.2, 0.25) is 0 Å². The minimum atomic E-state index is -4.09. The van der Waals surface area contributed by atoms with Crippen LogP contribution in [0.1, 0.15) is 5.56 Å². The van der Waals surface area contributed by atoms with Crippen LogP contribution in [-0.2, 0) is 10.0 Å². The number of nitrogen functional groups attached to an aromatic ring is 1. The van der Waals surface area contributed by atoms with E-state index in [9.17, 15) is 12.8 Å². The van der Waals surface area contributed by atoms with E-state index < -0.39 is 20.7 Å². The fraction of sp³-hybridized carbons (Fsp3) is 0.100. The smallest absolute Gasteiger partial charge is 0.266 e. The standard InChI is InChI=1S/C10H10FN3O3S/c1-6-4-7(12)5-8(10(6)11)18(15,16)14-9-2-3-17-13-9/h2-5H,12H2,1H3,(H,13,14). The van der Waals surface area contributed by atoms with Crippen LogP contribution in [0.25, 0.3) is 0 Å². The Morgan fingerprint density at radius 2 is 2.17 bits per heavy atom. The molecule has 0 saturated carbocycles. The van der Waals surface area contributed by atoms with E-state index in [1.807, 2.05) is 0 Å². The molecule has 3 N–H and O–H groups in total. The normalized spacial score (nSPS) is 11.4. The third-order valence-corrected chi connectivity index (χ3v) is 3.56. The molecule has 6 nitrogen and oxygen atoms in total. The summed E-state index contributed by atoms with van der Waals surface area (Å²) in [6.45, 7) is 1.43. The average Bonchev–Trinajstić information content (AvgIpc) is 2.75. The number of anilines is 2. The summed E-state index contributed by atoms with van der Waals surface area (Å²) in [4.78, 5) is -0.525. The predicted octanol–water partition coefficient (Wildman–Crippen LogP) is 1.51. The number of hydrogen-bond acceptors (Lipinski definition) is 5. The Bertz CT molecular complexity index is 668. The van der Waals surface area contributed by atoms with E-state index in [1.54, 1.807) is 0 Å². The van der Waals surface area contributed by atoms with Crippen LogP contribution >= 0.6 is 0 Å². The van der Waals surface area contributed by atoms with Crippen molar-refractivity contribution in [1.29, 1.82) is 0 Å². The molecule has 0 amide bonds. The number of aromatic nitrogens is 1. The average molecular weight is 271 g/mol. The first-order valence-electron chi connectivity index (χ1n) is 4.89. The van der Waals surface area contributed by atoms with Gasteiger partial charge in [0.1, 0.15) is 17.0 Å². The number of halogens is 1. The van der Waals surface area contributed by atoms with Gasteiger partial charge >= 0.3 is 0 Å². The zero-order valence-electron chi connectivity index (χ0n) is 9.34. The van der Waals surface area contributed by atoms with Gasteiger partial charge in [-0.05, 0) is 24.6 Å². The second kappa shape index (κ2) is 4.30. The Balaban J connectivity index is 2.48. The Kier molecular flexibility index (Phi) is 2.95. The molecule has 0 fully saturated rings. The first-order chi connectivity index (χ1) is 8.40. The molecule has 1 heterocycles. The zero-order chi connectivity index (χ0) is 13.3. The molecule has 1 aromatic carbocycles. The fourth-order valence-electron chi connectivity index (χ4n) is 1.42. The van der Waals surface area contributed by atoms with Crippen molar-refractivity contribution in [1.82, 2.24) is 5.16 Å². The van der Waals surface area contributed by atoms with Crippen molar-refractivity contribution in [3.8, 4) is 0 Å². The lowest BCUT2D eigenvalue weighted by molar-refractivity contribution is 0.423. The molecule has 0 radical (unpaired) electrons. The first-order valence-corrected chi connectivity index (χ1v) is 6.37. The van der Waals surface area contributed by atoms with Crippen LogP contribution in [0.3, 0.4) is 0 Å². The van der Waals surface area contributed by atoms with Gasteiger partial charge in [-0.3, -0.25) is 4.72 Å². The van der Waals surface area contributed by atoms with Gasteiger partial charge in [-0.2, -0.15) is 0 Å². The molecular weight excluding hydrogens is 261 g/mol. The van der Waals surface area contributed by atoms with E-state index >= 15 is 0 Å². The first kappa shape index (κ1) is 12.4. The Hall–Kier alpha value is -2.09. The van der Waals surface area contributed by atoms with Gasteiger partial charge in [-0.1, -0.05) is 5.16 Å². The number of rotatable bonds is 3. The second-order valence-corrected chi connectivity index (χ2v) is 5.29. The van der Waals surface area contributed by atoms with E-state index in [-0.39, 0.29) is 17.1 Å². The van der Waals surface area contributed by atoms with Crippen LogP contribution in [-0.4, -0.2) is 13.6 Å². The van der Waals surface area contributed by atoms with Gasteiger partial charge in [0.15, 0.2) is 5.82 Å². The Labute approximate surface area is 103 Å². The monoisotopic (exact) mass is 271 g/mol. The third kappa shape index (κ3) is 2.28. The molecule has 0 atom stereocenters. The summed E-state index contributed by atoms with van der Waals surface area (Å²) in [5, 5.41) is 3.38. The van der Waals surface area contributed by atoms with Crippen LogP contribution in [0.5, 0.6) is 0 Å². The highest BCUT2D eigenvalue weighted by molar-refractivity contribution is 7.92. The van der Waals surface area contributed by atoms with Gasteiger partial charge in [-0.15, -0.1) is 0 Å². The minimum Gasteiger partial charge on any atom is -0.399 e. The van der Waals surface area contributed by atoms with Crippen LogP contribution in [0.2, 0.25) is 0 Å². The van der Waals surface area contributed by atoms with E-state index in [0.29, 0.717) is 0 Å². The van der Waals surface area contributed by atoms with Crippen molar-refractivity contribution in [3.05, 3.63) is 35.8 Å². The largest absolute Gasteiger partial charge is 0.399 e. The molecule has 8 heteroatoms. The summed E-state index contributed by atoms with van der Waals surface area (Å²) >= 11 is 0. The van der Waals surface area contributed by atoms with E-state index in [0.717, 1.165) is 6.07 Å². The van der Waals surface area contributed by atoms with Crippen molar-refractivity contribution in [2.24, 2.45) is 0 Å². The summed E-state index contributed by atoms with van der Waals surface area (Å²) in [5.41, 5.74) is 5.82. The van der Waals surface area contributed by atoms with Crippen LogP contribution in [0.15, 0.2) is 33.9 Å². The van der Waals surface area contributed by atoms with E-state index in [1.165, 1.54) is 25.3 Å². The van der Waals surface area contributed by atoms with Crippen LogP contribution < -0.4 is 10.5 Å². The summed E-state index contributed by atoms with van der Waals surface area (Å²) < 4.78 is 44.2. The molecule has 0 aliphatic carbocycles. The zero-order valence-corrected chi connectivity index (χ0v) is 10.2. The van der Waals surface area contributed by atoms with E-state index in [4.69, 9.17) is 5.73 Å². The molecule has 0 bridgehead atoms. The predicted molar refractivity (Wildman–Crippen MR) is 62.9 cm³/mol. The fourth-order valence-corrected chi connectivity index (χ4v) is 2.60. The quantitative estimate of drug-likeness (QED) is 0.824. The van der Waals surface area contributed by atoms with Crippen molar-refractivity contribution in [3.63, 3.8) is 0 Å². The highest BCUT2D eigenvalue weighted by Gasteiger charge is 2.22. The number of nitrogens with one attached hydrogen (secondary N) is 1. The number of nitrogens with two attached hydrogens (primary N) is 1. The van der Waals surface area contributed by atoms with Gasteiger partial charge in [0.25, 0.3) is 10.0 Å². The lowest BCUT2D eigenvalue weighted by Gasteiger charge is -2.08. The maximum atomic E-state index is 13.8. The lowest BCUT2D eigenvalue weighted by atomic mass is 10.2. The Morgan fingerprint density at radius 3 is 2.78 bits per heavy atom. The topological polar surface area (TPSA) is 98.2 Å². The second-order valence-electron chi connectivity index (χ2n) is 3.64. The van der Waals surface area contributed by atoms with Crippen molar-refractivity contribution in [2.45, 2.75) is 11.8 Å². The maximum Gasteiger partial charge on any atom is 0.266 e. The molecule has 0 unspecified atom stereocenters.